The van der Waals surface area contributed by atoms with Crippen LogP contribution in [0.5, 0.6) is 5.75 Å². The van der Waals surface area contributed by atoms with Gasteiger partial charge >= 0.3 is 0 Å². The minimum Gasteiger partial charge on any atom is -0.497 e. The molecule has 1 N–H and O–H groups in total. The lowest BCUT2D eigenvalue weighted by molar-refractivity contribution is 0.249. The Bertz CT molecular complexity index is 453. The molecule has 0 saturated carbocycles. The molecule has 17 heavy (non-hydrogen) atoms. The minimum absolute atomic E-state index is 0.000704. The third-order valence-electron chi connectivity index (χ3n) is 2.37. The summed E-state index contributed by atoms with van der Waals surface area (Å²) in [5.41, 5.74) is 0.703. The summed E-state index contributed by atoms with van der Waals surface area (Å²) in [6.45, 7) is 1.60. The first-order valence-corrected chi connectivity index (χ1v) is 7.23. The zero-order valence-electron chi connectivity index (χ0n) is 10.1. The van der Waals surface area contributed by atoms with Crippen molar-refractivity contribution in [1.29, 1.82) is 0 Å². The van der Waals surface area contributed by atoms with Crippen molar-refractivity contribution < 1.29 is 18.3 Å². The molecule has 0 saturated heterocycles. The number of hydrogen-bond donors (Lipinski definition) is 1. The van der Waals surface area contributed by atoms with Crippen LogP contribution in [0.4, 0.5) is 0 Å². The van der Waals surface area contributed by atoms with Crippen LogP contribution in [0, 0.1) is 5.92 Å². The fraction of sp³-hybridized carbons (Fsp3) is 0.500. The first kappa shape index (κ1) is 14.0. The van der Waals surface area contributed by atoms with Crippen molar-refractivity contribution in [3.8, 4) is 5.75 Å². The van der Waals surface area contributed by atoms with Crippen molar-refractivity contribution in [3.05, 3.63) is 29.8 Å². The SMILES string of the molecule is COc1cccc(CS(=O)(=O)CC(C)CO)c1. The molecule has 0 amide bonds. The summed E-state index contributed by atoms with van der Waals surface area (Å²) in [4.78, 5) is 0. The third-order valence-corrected chi connectivity index (χ3v) is 4.22. The summed E-state index contributed by atoms with van der Waals surface area (Å²) in [7, 11) is -1.64. The Morgan fingerprint density at radius 2 is 2.12 bits per heavy atom. The molecular formula is C12H18O4S. The van der Waals surface area contributed by atoms with Crippen molar-refractivity contribution >= 4 is 9.84 Å². The molecule has 4 nitrogen and oxygen atoms in total. The van der Waals surface area contributed by atoms with Crippen molar-refractivity contribution in [3.63, 3.8) is 0 Å². The van der Waals surface area contributed by atoms with Crippen LogP contribution in [0.2, 0.25) is 0 Å². The third kappa shape index (κ3) is 4.75. The number of ether oxygens (including phenoxy) is 1. The Morgan fingerprint density at radius 3 is 2.71 bits per heavy atom. The van der Waals surface area contributed by atoms with Gasteiger partial charge in [-0.25, -0.2) is 8.42 Å². The molecule has 0 bridgehead atoms. The van der Waals surface area contributed by atoms with E-state index in [0.717, 1.165) is 0 Å². The van der Waals surface area contributed by atoms with E-state index < -0.39 is 9.84 Å². The number of aliphatic hydroxyl groups excluding tert-OH is 1. The maximum Gasteiger partial charge on any atom is 0.154 e. The molecule has 0 aromatic heterocycles. The largest absolute Gasteiger partial charge is 0.497 e. The van der Waals surface area contributed by atoms with Crippen LogP contribution in [0.1, 0.15) is 12.5 Å². The molecule has 0 heterocycles. The van der Waals surface area contributed by atoms with Gasteiger partial charge in [0.2, 0.25) is 0 Å². The zero-order chi connectivity index (χ0) is 12.9. The maximum atomic E-state index is 11.8. The molecule has 0 aliphatic heterocycles. The number of rotatable bonds is 6. The minimum atomic E-state index is -3.19. The van der Waals surface area contributed by atoms with E-state index in [1.54, 1.807) is 38.3 Å². The van der Waals surface area contributed by atoms with Crippen LogP contribution in [0.3, 0.4) is 0 Å². The van der Waals surface area contributed by atoms with E-state index in [0.29, 0.717) is 11.3 Å². The van der Waals surface area contributed by atoms with E-state index in [1.807, 2.05) is 0 Å². The van der Waals surface area contributed by atoms with Gasteiger partial charge in [-0.15, -0.1) is 0 Å². The van der Waals surface area contributed by atoms with Gasteiger partial charge in [0.15, 0.2) is 9.84 Å². The number of hydrogen-bond acceptors (Lipinski definition) is 4. The molecule has 0 aliphatic rings. The smallest absolute Gasteiger partial charge is 0.154 e. The lowest BCUT2D eigenvalue weighted by Crippen LogP contribution is -2.18. The summed E-state index contributed by atoms with van der Waals surface area (Å²) < 4.78 is 28.7. The summed E-state index contributed by atoms with van der Waals surface area (Å²) >= 11 is 0. The Balaban J connectivity index is 2.75. The van der Waals surface area contributed by atoms with Crippen molar-refractivity contribution in [2.75, 3.05) is 19.5 Å². The first-order valence-electron chi connectivity index (χ1n) is 5.41. The van der Waals surface area contributed by atoms with Crippen molar-refractivity contribution in [1.82, 2.24) is 0 Å². The Labute approximate surface area is 102 Å². The molecule has 0 aliphatic carbocycles. The molecule has 1 rings (SSSR count). The summed E-state index contributed by atoms with van der Waals surface area (Å²) in [5, 5.41) is 8.86. The quantitative estimate of drug-likeness (QED) is 0.834. The molecule has 1 aromatic carbocycles. The first-order chi connectivity index (χ1) is 7.96. The highest BCUT2D eigenvalue weighted by atomic mass is 32.2. The van der Waals surface area contributed by atoms with Gasteiger partial charge in [0.25, 0.3) is 0 Å². The maximum absolute atomic E-state index is 11.8. The van der Waals surface area contributed by atoms with E-state index in [9.17, 15) is 8.42 Å². The average Bonchev–Trinajstić information content (AvgIpc) is 2.27. The van der Waals surface area contributed by atoms with Crippen LogP contribution in [0.25, 0.3) is 0 Å². The van der Waals surface area contributed by atoms with Gasteiger partial charge in [0, 0.05) is 6.61 Å². The highest BCUT2D eigenvalue weighted by Gasteiger charge is 2.16. The summed E-state index contributed by atoms with van der Waals surface area (Å²) in [6.07, 6.45) is 0. The molecular weight excluding hydrogens is 240 g/mol. The predicted octanol–water partition coefficient (Wildman–Crippen LogP) is 1.24. The number of aliphatic hydroxyl groups is 1. The Hall–Kier alpha value is -1.07. The van der Waals surface area contributed by atoms with Gasteiger partial charge < -0.3 is 9.84 Å². The second-order valence-corrected chi connectivity index (χ2v) is 6.30. The van der Waals surface area contributed by atoms with Crippen LogP contribution in [-0.4, -0.2) is 33.0 Å². The van der Waals surface area contributed by atoms with Gasteiger partial charge in [-0.3, -0.25) is 0 Å². The molecule has 0 fully saturated rings. The zero-order valence-corrected chi connectivity index (χ0v) is 10.9. The van der Waals surface area contributed by atoms with Crippen LogP contribution >= 0.6 is 0 Å². The lowest BCUT2D eigenvalue weighted by atomic mass is 10.2. The summed E-state index contributed by atoms with van der Waals surface area (Å²) in [6, 6.07) is 7.00. The van der Waals surface area contributed by atoms with E-state index in [4.69, 9.17) is 9.84 Å². The highest BCUT2D eigenvalue weighted by Crippen LogP contribution is 2.16. The highest BCUT2D eigenvalue weighted by molar-refractivity contribution is 7.90. The molecule has 0 radical (unpaired) electrons. The fourth-order valence-electron chi connectivity index (χ4n) is 1.56. The van der Waals surface area contributed by atoms with Gasteiger partial charge in [0.05, 0.1) is 18.6 Å². The molecule has 5 heteroatoms. The topological polar surface area (TPSA) is 63.6 Å². The second kappa shape index (κ2) is 6.02. The van der Waals surface area contributed by atoms with Crippen LogP contribution in [-0.2, 0) is 15.6 Å². The average molecular weight is 258 g/mol. The van der Waals surface area contributed by atoms with E-state index in [2.05, 4.69) is 0 Å². The fourth-order valence-corrected chi connectivity index (χ4v) is 3.34. The number of methoxy groups -OCH3 is 1. The molecule has 1 aromatic rings. The van der Waals surface area contributed by atoms with Gasteiger partial charge in [0.1, 0.15) is 5.75 Å². The molecule has 96 valence electrons. The molecule has 1 unspecified atom stereocenters. The van der Waals surface area contributed by atoms with E-state index >= 15 is 0 Å². The molecule has 0 spiro atoms. The number of benzene rings is 1. The number of sulfone groups is 1. The summed E-state index contributed by atoms with van der Waals surface area (Å²) in [5.74, 6) is 0.397. The monoisotopic (exact) mass is 258 g/mol. The van der Waals surface area contributed by atoms with Gasteiger partial charge in [-0.1, -0.05) is 19.1 Å². The van der Waals surface area contributed by atoms with Gasteiger partial charge in [-0.2, -0.15) is 0 Å². The molecule has 1 atom stereocenters. The normalized spacial score (nSPS) is 13.4. The standard InChI is InChI=1S/C12H18O4S/c1-10(7-13)8-17(14,15)9-11-4-3-5-12(6-11)16-2/h3-6,10,13H,7-9H2,1-2H3. The Kier molecular flexibility index (Phi) is 4.96. The van der Waals surface area contributed by atoms with Crippen molar-refractivity contribution in [2.45, 2.75) is 12.7 Å². The van der Waals surface area contributed by atoms with E-state index in [1.165, 1.54) is 0 Å². The Morgan fingerprint density at radius 1 is 1.41 bits per heavy atom. The van der Waals surface area contributed by atoms with E-state index in [-0.39, 0.29) is 24.0 Å². The lowest BCUT2D eigenvalue weighted by Gasteiger charge is -2.09. The van der Waals surface area contributed by atoms with Gasteiger partial charge in [-0.05, 0) is 23.6 Å². The van der Waals surface area contributed by atoms with Crippen LogP contribution < -0.4 is 4.74 Å². The van der Waals surface area contributed by atoms with Crippen molar-refractivity contribution in [2.24, 2.45) is 5.92 Å². The van der Waals surface area contributed by atoms with Crippen LogP contribution in [0.15, 0.2) is 24.3 Å². The predicted molar refractivity (Wildman–Crippen MR) is 66.7 cm³/mol. The second-order valence-electron chi connectivity index (χ2n) is 4.19.